The van der Waals surface area contributed by atoms with Crippen molar-refractivity contribution in [3.63, 3.8) is 0 Å². The minimum absolute atomic E-state index is 0.140. The van der Waals surface area contributed by atoms with Gasteiger partial charge in [-0.15, -0.1) is 0 Å². The Bertz CT molecular complexity index is 656. The number of carbonyl (C=O) groups excluding carboxylic acids is 4. The van der Waals surface area contributed by atoms with Crippen LogP contribution in [-0.4, -0.2) is 35.4 Å². The molecule has 7 heteroatoms. The fourth-order valence-corrected chi connectivity index (χ4v) is 2.31. The quantitative estimate of drug-likeness (QED) is 0.470. The van der Waals surface area contributed by atoms with Crippen LogP contribution in [0.2, 0.25) is 0 Å². The van der Waals surface area contributed by atoms with E-state index in [0.29, 0.717) is 5.06 Å². The van der Waals surface area contributed by atoms with E-state index in [9.17, 15) is 19.2 Å². The molecule has 3 rings (SSSR count). The van der Waals surface area contributed by atoms with Gasteiger partial charge in [0.2, 0.25) is 0 Å². The Hall–Kier alpha value is -2.70. The number of amides is 2. The molecule has 1 aliphatic heterocycles. The zero-order valence-electron chi connectivity index (χ0n) is 11.8. The van der Waals surface area contributed by atoms with Gasteiger partial charge in [0.25, 0.3) is 11.8 Å². The maximum atomic E-state index is 12.2. The lowest BCUT2D eigenvalue weighted by molar-refractivity contribution is -0.182. The Morgan fingerprint density at radius 3 is 2.09 bits per heavy atom. The van der Waals surface area contributed by atoms with Crippen LogP contribution >= 0.6 is 0 Å². The van der Waals surface area contributed by atoms with Crippen molar-refractivity contribution in [3.05, 3.63) is 35.4 Å². The van der Waals surface area contributed by atoms with Gasteiger partial charge in [0.15, 0.2) is 5.41 Å². The Kier molecular flexibility index (Phi) is 3.20. The summed E-state index contributed by atoms with van der Waals surface area (Å²) in [5.74, 6) is -3.04. The second kappa shape index (κ2) is 4.94. The van der Waals surface area contributed by atoms with Crippen LogP contribution in [0.15, 0.2) is 24.3 Å². The summed E-state index contributed by atoms with van der Waals surface area (Å²) < 4.78 is 4.84. The summed E-state index contributed by atoms with van der Waals surface area (Å²) in [6.07, 6.45) is 0.571. The van der Waals surface area contributed by atoms with Gasteiger partial charge in [0.05, 0.1) is 17.7 Å². The molecule has 0 spiro atoms. The highest BCUT2D eigenvalue weighted by Gasteiger charge is 2.61. The van der Waals surface area contributed by atoms with Gasteiger partial charge in [-0.2, -0.15) is 0 Å². The molecule has 0 N–H and O–H groups in total. The van der Waals surface area contributed by atoms with Gasteiger partial charge in [-0.25, -0.2) is 4.79 Å². The Morgan fingerprint density at radius 2 is 1.64 bits per heavy atom. The summed E-state index contributed by atoms with van der Waals surface area (Å²) >= 11 is 0. The standard InChI is InChI=1S/C15H13NO6/c1-2-21-13(19)15(7-8-15)14(20)22-16-11(17)9-5-3-4-6-10(9)12(16)18/h3-6H,2,7-8H2,1H3. The van der Waals surface area contributed by atoms with Gasteiger partial charge in [-0.1, -0.05) is 17.2 Å². The molecule has 0 saturated heterocycles. The van der Waals surface area contributed by atoms with E-state index in [1.165, 1.54) is 12.1 Å². The molecule has 1 saturated carbocycles. The molecular formula is C15H13NO6. The summed E-state index contributed by atoms with van der Waals surface area (Å²) in [7, 11) is 0. The summed E-state index contributed by atoms with van der Waals surface area (Å²) in [5.41, 5.74) is -1.05. The number of esters is 1. The molecule has 0 bridgehead atoms. The van der Waals surface area contributed by atoms with Crippen molar-refractivity contribution in [1.29, 1.82) is 0 Å². The van der Waals surface area contributed by atoms with Crippen molar-refractivity contribution in [2.75, 3.05) is 6.61 Å². The highest BCUT2D eigenvalue weighted by Crippen LogP contribution is 2.48. The topological polar surface area (TPSA) is 90.0 Å². The second-order valence-corrected chi connectivity index (χ2v) is 5.13. The minimum atomic E-state index is -1.38. The molecule has 2 amide bonds. The van der Waals surface area contributed by atoms with Gasteiger partial charge in [0.1, 0.15) is 0 Å². The molecule has 7 nitrogen and oxygen atoms in total. The van der Waals surface area contributed by atoms with Crippen LogP contribution in [0, 0.1) is 5.41 Å². The zero-order chi connectivity index (χ0) is 15.9. The fraction of sp³-hybridized carbons (Fsp3) is 0.333. The third kappa shape index (κ3) is 1.97. The molecular weight excluding hydrogens is 290 g/mol. The predicted molar refractivity (Wildman–Crippen MR) is 71.3 cm³/mol. The fourth-order valence-electron chi connectivity index (χ4n) is 2.31. The summed E-state index contributed by atoms with van der Waals surface area (Å²) in [6.45, 7) is 1.77. The number of nitrogens with zero attached hydrogens (tertiary/aromatic N) is 1. The van der Waals surface area contributed by atoms with E-state index < -0.39 is 29.2 Å². The van der Waals surface area contributed by atoms with Crippen LogP contribution in [-0.2, 0) is 19.2 Å². The number of carbonyl (C=O) groups is 4. The number of imide groups is 1. The van der Waals surface area contributed by atoms with Gasteiger partial charge >= 0.3 is 11.9 Å². The summed E-state index contributed by atoms with van der Waals surface area (Å²) in [6, 6.07) is 6.16. The minimum Gasteiger partial charge on any atom is -0.465 e. The smallest absolute Gasteiger partial charge is 0.350 e. The van der Waals surface area contributed by atoms with Crippen LogP contribution in [0.25, 0.3) is 0 Å². The lowest BCUT2D eigenvalue weighted by atomic mass is 10.1. The number of hydrogen-bond acceptors (Lipinski definition) is 6. The van der Waals surface area contributed by atoms with E-state index in [1.54, 1.807) is 19.1 Å². The molecule has 0 atom stereocenters. The maximum Gasteiger partial charge on any atom is 0.350 e. The Morgan fingerprint density at radius 1 is 1.09 bits per heavy atom. The average Bonchev–Trinajstić information content (AvgIpc) is 3.29. The van der Waals surface area contributed by atoms with Crippen molar-refractivity contribution >= 4 is 23.8 Å². The van der Waals surface area contributed by atoms with Crippen molar-refractivity contribution in [2.24, 2.45) is 5.41 Å². The third-order valence-electron chi connectivity index (χ3n) is 3.74. The van der Waals surface area contributed by atoms with E-state index >= 15 is 0 Å². The van der Waals surface area contributed by atoms with Crippen molar-refractivity contribution in [1.82, 2.24) is 5.06 Å². The lowest BCUT2D eigenvalue weighted by Gasteiger charge is -2.17. The second-order valence-electron chi connectivity index (χ2n) is 5.13. The monoisotopic (exact) mass is 303 g/mol. The molecule has 1 fully saturated rings. The van der Waals surface area contributed by atoms with E-state index in [0.717, 1.165) is 0 Å². The largest absolute Gasteiger partial charge is 0.465 e. The van der Waals surface area contributed by atoms with Crippen molar-refractivity contribution in [3.8, 4) is 0 Å². The zero-order valence-corrected chi connectivity index (χ0v) is 11.8. The number of rotatable bonds is 4. The molecule has 114 valence electrons. The number of benzene rings is 1. The highest BCUT2D eigenvalue weighted by atomic mass is 16.7. The van der Waals surface area contributed by atoms with Crippen LogP contribution in [0.4, 0.5) is 0 Å². The average molecular weight is 303 g/mol. The Balaban J connectivity index is 1.78. The van der Waals surface area contributed by atoms with Gasteiger partial charge in [0, 0.05) is 0 Å². The van der Waals surface area contributed by atoms with E-state index in [4.69, 9.17) is 9.57 Å². The molecule has 1 aliphatic carbocycles. The van der Waals surface area contributed by atoms with Crippen LogP contribution in [0.1, 0.15) is 40.5 Å². The Labute approximate surface area is 125 Å². The first-order valence-electron chi connectivity index (χ1n) is 6.88. The van der Waals surface area contributed by atoms with Crippen LogP contribution in [0.3, 0.4) is 0 Å². The summed E-state index contributed by atoms with van der Waals surface area (Å²) in [4.78, 5) is 53.1. The molecule has 1 aromatic carbocycles. The molecule has 0 radical (unpaired) electrons. The number of hydroxylamine groups is 2. The van der Waals surface area contributed by atoms with Crippen LogP contribution < -0.4 is 0 Å². The molecule has 22 heavy (non-hydrogen) atoms. The van der Waals surface area contributed by atoms with Crippen LogP contribution in [0.5, 0.6) is 0 Å². The van der Waals surface area contributed by atoms with E-state index in [1.807, 2.05) is 0 Å². The molecule has 1 aromatic rings. The molecule has 0 aromatic heterocycles. The first-order chi connectivity index (χ1) is 10.5. The number of hydrogen-bond donors (Lipinski definition) is 0. The summed E-state index contributed by atoms with van der Waals surface area (Å²) in [5, 5.41) is 0.409. The lowest BCUT2D eigenvalue weighted by Crippen LogP contribution is -2.38. The molecule has 0 unspecified atom stereocenters. The molecule has 2 aliphatic rings. The maximum absolute atomic E-state index is 12.2. The van der Waals surface area contributed by atoms with E-state index in [2.05, 4.69) is 0 Å². The van der Waals surface area contributed by atoms with E-state index in [-0.39, 0.29) is 30.6 Å². The SMILES string of the molecule is CCOC(=O)C1(C(=O)ON2C(=O)c3ccccc3C2=O)CC1. The first-order valence-corrected chi connectivity index (χ1v) is 6.88. The van der Waals surface area contributed by atoms with Gasteiger partial charge in [-0.3, -0.25) is 14.4 Å². The number of fused-ring (bicyclic) bond motifs is 1. The van der Waals surface area contributed by atoms with Crippen molar-refractivity contribution in [2.45, 2.75) is 19.8 Å². The van der Waals surface area contributed by atoms with Crippen molar-refractivity contribution < 1.29 is 28.8 Å². The third-order valence-corrected chi connectivity index (χ3v) is 3.74. The first kappa shape index (κ1) is 14.2. The van der Waals surface area contributed by atoms with Gasteiger partial charge in [-0.05, 0) is 31.9 Å². The predicted octanol–water partition coefficient (Wildman–Crippen LogP) is 1.08. The number of ether oxygens (including phenoxy) is 1. The normalized spacial score (nSPS) is 18.0. The molecule has 1 heterocycles. The highest BCUT2D eigenvalue weighted by molar-refractivity contribution is 6.21. The van der Waals surface area contributed by atoms with Gasteiger partial charge < -0.3 is 9.57 Å².